The van der Waals surface area contributed by atoms with Crippen molar-refractivity contribution in [3.05, 3.63) is 65.4 Å². The third kappa shape index (κ3) is 3.72. The molecule has 0 bridgehead atoms. The number of benzene rings is 2. The lowest BCUT2D eigenvalue weighted by Crippen LogP contribution is -2.15. The quantitative estimate of drug-likeness (QED) is 0.686. The lowest BCUT2D eigenvalue weighted by atomic mass is 10.1. The highest BCUT2D eigenvalue weighted by Crippen LogP contribution is 2.31. The predicted molar refractivity (Wildman–Crippen MR) is 90.3 cm³/mol. The standard InChI is InChI=1S/C19H19NO3/c1-13-3-6-16(7-4-13)20-14(2)11-17(21)15-5-8-18-19(12-15)23-10-9-22-18/h3-8,11-12,20H,9-10H2,1-2H3. The van der Waals surface area contributed by atoms with E-state index >= 15 is 0 Å². The van der Waals surface area contributed by atoms with Crippen molar-refractivity contribution in [2.45, 2.75) is 13.8 Å². The highest BCUT2D eigenvalue weighted by molar-refractivity contribution is 6.05. The van der Waals surface area contributed by atoms with Crippen LogP contribution in [0.2, 0.25) is 0 Å². The van der Waals surface area contributed by atoms with E-state index in [-0.39, 0.29) is 5.78 Å². The van der Waals surface area contributed by atoms with Crippen LogP contribution in [-0.2, 0) is 0 Å². The Hall–Kier alpha value is -2.75. The number of allylic oxidation sites excluding steroid dienone is 2. The molecule has 0 saturated heterocycles. The maximum atomic E-state index is 12.4. The van der Waals surface area contributed by atoms with Gasteiger partial charge in [0.15, 0.2) is 17.3 Å². The van der Waals surface area contributed by atoms with Crippen LogP contribution in [0.3, 0.4) is 0 Å². The molecule has 2 aromatic rings. The fraction of sp³-hybridized carbons (Fsp3) is 0.211. The van der Waals surface area contributed by atoms with Crippen molar-refractivity contribution in [2.75, 3.05) is 18.5 Å². The van der Waals surface area contributed by atoms with E-state index in [1.54, 1.807) is 24.3 Å². The van der Waals surface area contributed by atoms with Gasteiger partial charge in [-0.3, -0.25) is 4.79 Å². The van der Waals surface area contributed by atoms with Gasteiger partial charge in [0.05, 0.1) is 0 Å². The smallest absolute Gasteiger partial charge is 0.187 e. The predicted octanol–water partition coefficient (Wildman–Crippen LogP) is 3.96. The van der Waals surface area contributed by atoms with E-state index in [9.17, 15) is 4.79 Å². The number of hydrogen-bond acceptors (Lipinski definition) is 4. The summed E-state index contributed by atoms with van der Waals surface area (Å²) < 4.78 is 11.0. The molecule has 23 heavy (non-hydrogen) atoms. The summed E-state index contributed by atoms with van der Waals surface area (Å²) in [5, 5.41) is 3.22. The minimum atomic E-state index is -0.0703. The number of rotatable bonds is 4. The van der Waals surface area contributed by atoms with Gasteiger partial charge >= 0.3 is 0 Å². The first-order valence-electron chi connectivity index (χ1n) is 7.58. The largest absolute Gasteiger partial charge is 0.486 e. The zero-order valence-corrected chi connectivity index (χ0v) is 13.3. The highest BCUT2D eigenvalue weighted by atomic mass is 16.6. The SMILES string of the molecule is CC(=CC(=O)c1ccc2c(c1)OCCO2)Nc1ccc(C)cc1. The summed E-state index contributed by atoms with van der Waals surface area (Å²) in [6.07, 6.45) is 1.59. The Balaban J connectivity index is 1.73. The topological polar surface area (TPSA) is 47.6 Å². The maximum Gasteiger partial charge on any atom is 0.187 e. The van der Waals surface area contributed by atoms with Crippen LogP contribution >= 0.6 is 0 Å². The molecule has 4 heteroatoms. The van der Waals surface area contributed by atoms with Gasteiger partial charge in [-0.25, -0.2) is 0 Å². The molecule has 118 valence electrons. The summed E-state index contributed by atoms with van der Waals surface area (Å²) in [6.45, 7) is 4.96. The third-order valence-corrected chi connectivity index (χ3v) is 3.57. The molecule has 3 rings (SSSR count). The molecule has 0 amide bonds. The van der Waals surface area contributed by atoms with Crippen molar-refractivity contribution in [2.24, 2.45) is 0 Å². The molecule has 1 aliphatic heterocycles. The molecule has 0 radical (unpaired) electrons. The number of aryl methyl sites for hydroxylation is 1. The van der Waals surface area contributed by atoms with E-state index in [0.717, 1.165) is 11.4 Å². The van der Waals surface area contributed by atoms with Crippen LogP contribution in [0, 0.1) is 6.92 Å². The number of carbonyl (C=O) groups is 1. The van der Waals surface area contributed by atoms with Gasteiger partial charge in [-0.1, -0.05) is 17.7 Å². The number of ketones is 1. The molecule has 0 saturated carbocycles. The average molecular weight is 309 g/mol. The molecular formula is C19H19NO3. The lowest BCUT2D eigenvalue weighted by molar-refractivity contribution is 0.104. The van der Waals surface area contributed by atoms with E-state index in [1.807, 2.05) is 38.1 Å². The fourth-order valence-corrected chi connectivity index (χ4v) is 2.38. The van der Waals surface area contributed by atoms with E-state index in [1.165, 1.54) is 5.56 Å². The minimum absolute atomic E-state index is 0.0703. The third-order valence-electron chi connectivity index (χ3n) is 3.57. The molecule has 1 heterocycles. The Labute approximate surface area is 135 Å². The fourth-order valence-electron chi connectivity index (χ4n) is 2.38. The van der Waals surface area contributed by atoms with E-state index in [4.69, 9.17) is 9.47 Å². The molecular weight excluding hydrogens is 290 g/mol. The van der Waals surface area contributed by atoms with Crippen molar-refractivity contribution in [1.29, 1.82) is 0 Å². The monoisotopic (exact) mass is 309 g/mol. The zero-order chi connectivity index (χ0) is 16.2. The van der Waals surface area contributed by atoms with Crippen LogP contribution < -0.4 is 14.8 Å². The molecule has 2 aromatic carbocycles. The molecule has 0 spiro atoms. The molecule has 1 N–H and O–H groups in total. The second kappa shape index (κ2) is 6.57. The van der Waals surface area contributed by atoms with Crippen molar-refractivity contribution in [3.63, 3.8) is 0 Å². The van der Waals surface area contributed by atoms with Gasteiger partial charge in [-0.05, 0) is 44.2 Å². The van der Waals surface area contributed by atoms with Crippen LogP contribution in [0.4, 0.5) is 5.69 Å². The van der Waals surface area contributed by atoms with Crippen molar-refractivity contribution in [3.8, 4) is 11.5 Å². The number of anilines is 1. The molecule has 1 aliphatic rings. The van der Waals surface area contributed by atoms with Crippen LogP contribution in [0.15, 0.2) is 54.2 Å². The summed E-state index contributed by atoms with van der Waals surface area (Å²) >= 11 is 0. The van der Waals surface area contributed by atoms with E-state index < -0.39 is 0 Å². The number of hydrogen-bond donors (Lipinski definition) is 1. The molecule has 0 aliphatic carbocycles. The van der Waals surface area contributed by atoms with Crippen LogP contribution in [-0.4, -0.2) is 19.0 Å². The summed E-state index contributed by atoms with van der Waals surface area (Å²) in [5.41, 5.74) is 3.52. The van der Waals surface area contributed by atoms with Gasteiger partial charge in [0.2, 0.25) is 0 Å². The first-order chi connectivity index (χ1) is 11.1. The maximum absolute atomic E-state index is 12.4. The summed E-state index contributed by atoms with van der Waals surface area (Å²) in [6, 6.07) is 13.3. The molecule has 0 fully saturated rings. The number of ether oxygens (including phenoxy) is 2. The number of fused-ring (bicyclic) bond motifs is 1. The van der Waals surface area contributed by atoms with Gasteiger partial charge < -0.3 is 14.8 Å². The molecule has 0 atom stereocenters. The number of nitrogens with one attached hydrogen (secondary N) is 1. The molecule has 0 aromatic heterocycles. The van der Waals surface area contributed by atoms with Gasteiger partial charge in [-0.2, -0.15) is 0 Å². The lowest BCUT2D eigenvalue weighted by Gasteiger charge is -2.18. The normalized spacial score (nSPS) is 13.6. The van der Waals surface area contributed by atoms with Crippen molar-refractivity contribution < 1.29 is 14.3 Å². The molecule has 4 nitrogen and oxygen atoms in total. The average Bonchev–Trinajstić information content (AvgIpc) is 2.56. The Bertz CT molecular complexity index is 748. The first kappa shape index (κ1) is 15.2. The second-order valence-electron chi connectivity index (χ2n) is 5.54. The zero-order valence-electron chi connectivity index (χ0n) is 13.3. The van der Waals surface area contributed by atoms with E-state index in [2.05, 4.69) is 5.32 Å². The van der Waals surface area contributed by atoms with Gasteiger partial charge in [-0.15, -0.1) is 0 Å². The summed E-state index contributed by atoms with van der Waals surface area (Å²) in [5.74, 6) is 1.24. The van der Waals surface area contributed by atoms with Crippen LogP contribution in [0.25, 0.3) is 0 Å². The van der Waals surface area contributed by atoms with Gasteiger partial charge in [0.1, 0.15) is 13.2 Å². The van der Waals surface area contributed by atoms with Crippen LogP contribution in [0.5, 0.6) is 11.5 Å². The Morgan fingerprint density at radius 1 is 1.04 bits per heavy atom. The summed E-state index contributed by atoms with van der Waals surface area (Å²) in [7, 11) is 0. The minimum Gasteiger partial charge on any atom is -0.486 e. The highest BCUT2D eigenvalue weighted by Gasteiger charge is 2.14. The molecule has 0 unspecified atom stereocenters. The first-order valence-corrected chi connectivity index (χ1v) is 7.58. The van der Waals surface area contributed by atoms with Crippen molar-refractivity contribution in [1.82, 2.24) is 0 Å². The van der Waals surface area contributed by atoms with Gasteiger partial charge in [0.25, 0.3) is 0 Å². The Kier molecular flexibility index (Phi) is 4.33. The Morgan fingerprint density at radius 2 is 1.74 bits per heavy atom. The number of carbonyl (C=O) groups excluding carboxylic acids is 1. The van der Waals surface area contributed by atoms with Crippen LogP contribution in [0.1, 0.15) is 22.8 Å². The van der Waals surface area contributed by atoms with Crippen molar-refractivity contribution >= 4 is 11.5 Å². The van der Waals surface area contributed by atoms with Gasteiger partial charge in [0, 0.05) is 23.0 Å². The Morgan fingerprint density at radius 3 is 2.48 bits per heavy atom. The summed E-state index contributed by atoms with van der Waals surface area (Å²) in [4.78, 5) is 12.4. The second-order valence-corrected chi connectivity index (χ2v) is 5.54. The van der Waals surface area contributed by atoms with E-state index in [0.29, 0.717) is 30.3 Å².